The molecule has 0 amide bonds. The highest BCUT2D eigenvalue weighted by atomic mass is 32.2. The zero-order valence-electron chi connectivity index (χ0n) is 11.5. The topological polar surface area (TPSA) is 26.0 Å². The number of hydrogen-bond acceptors (Lipinski definition) is 2. The van der Waals surface area contributed by atoms with Crippen LogP contribution in [0.4, 0.5) is 4.39 Å². The van der Waals surface area contributed by atoms with E-state index in [9.17, 15) is 4.39 Å². The van der Waals surface area contributed by atoms with Gasteiger partial charge in [0.05, 0.1) is 0 Å². The van der Waals surface area contributed by atoms with Crippen molar-refractivity contribution >= 4 is 22.5 Å². The number of rotatable bonds is 4. The van der Waals surface area contributed by atoms with Gasteiger partial charge in [0.15, 0.2) is 0 Å². The lowest BCUT2D eigenvalue weighted by Gasteiger charge is -2.14. The molecule has 0 spiro atoms. The van der Waals surface area contributed by atoms with Crippen molar-refractivity contribution in [3.8, 4) is 0 Å². The molecule has 0 aromatic heterocycles. The molecule has 106 valence electrons. The molecule has 1 nitrogen and oxygen atoms in total. The van der Waals surface area contributed by atoms with Crippen LogP contribution in [0.5, 0.6) is 0 Å². The third kappa shape index (κ3) is 3.09. The summed E-state index contributed by atoms with van der Waals surface area (Å²) in [6.45, 7) is 0. The summed E-state index contributed by atoms with van der Waals surface area (Å²) < 4.78 is 13.6. The van der Waals surface area contributed by atoms with Crippen molar-refractivity contribution in [3.63, 3.8) is 0 Å². The summed E-state index contributed by atoms with van der Waals surface area (Å²) in [6, 6.07) is 21.0. The Morgan fingerprint density at radius 3 is 2.48 bits per heavy atom. The van der Waals surface area contributed by atoms with E-state index in [2.05, 4.69) is 24.3 Å². The van der Waals surface area contributed by atoms with Gasteiger partial charge in [-0.3, -0.25) is 0 Å². The van der Waals surface area contributed by atoms with Gasteiger partial charge in [0.1, 0.15) is 5.82 Å². The minimum Gasteiger partial charge on any atom is -0.323 e. The predicted octanol–water partition coefficient (Wildman–Crippen LogP) is 4.77. The molecule has 2 N–H and O–H groups in total. The molecule has 0 bridgehead atoms. The molecule has 0 aliphatic rings. The molecule has 3 rings (SSSR count). The van der Waals surface area contributed by atoms with Crippen molar-refractivity contribution < 1.29 is 4.39 Å². The van der Waals surface area contributed by atoms with E-state index in [4.69, 9.17) is 5.73 Å². The molecule has 0 saturated carbocycles. The number of fused-ring (bicyclic) bond motifs is 1. The van der Waals surface area contributed by atoms with Crippen LogP contribution in [-0.2, 0) is 0 Å². The van der Waals surface area contributed by atoms with Gasteiger partial charge in [0.2, 0.25) is 0 Å². The van der Waals surface area contributed by atoms with Gasteiger partial charge in [-0.2, -0.15) is 0 Å². The van der Waals surface area contributed by atoms with Crippen molar-refractivity contribution in [2.75, 3.05) is 5.75 Å². The molecule has 3 aromatic carbocycles. The van der Waals surface area contributed by atoms with Crippen molar-refractivity contribution in [1.82, 2.24) is 0 Å². The molecule has 0 heterocycles. The maximum absolute atomic E-state index is 13.6. The molecular weight excluding hydrogens is 281 g/mol. The van der Waals surface area contributed by atoms with Gasteiger partial charge in [-0.1, -0.05) is 54.6 Å². The second kappa shape index (κ2) is 6.29. The standard InChI is InChI=1S/C18H16FNS/c19-16-10-3-4-11-18(16)21-12-17(20)15-9-5-7-13-6-1-2-8-14(13)15/h1-11,17H,12,20H2. The van der Waals surface area contributed by atoms with Crippen molar-refractivity contribution in [2.45, 2.75) is 10.9 Å². The molecule has 3 aromatic rings. The first-order valence-corrected chi connectivity index (χ1v) is 7.85. The normalized spacial score (nSPS) is 12.5. The Hall–Kier alpha value is -1.84. The number of halogens is 1. The molecule has 3 heteroatoms. The molecule has 21 heavy (non-hydrogen) atoms. The first kappa shape index (κ1) is 14.1. The van der Waals surface area contributed by atoms with Gasteiger partial charge in [0, 0.05) is 16.7 Å². The van der Waals surface area contributed by atoms with Gasteiger partial charge in [-0.15, -0.1) is 11.8 Å². The number of nitrogens with two attached hydrogens (primary N) is 1. The molecule has 0 fully saturated rings. The zero-order chi connectivity index (χ0) is 14.7. The molecule has 0 aliphatic heterocycles. The Balaban J connectivity index is 1.81. The van der Waals surface area contributed by atoms with E-state index in [1.807, 2.05) is 24.3 Å². The van der Waals surface area contributed by atoms with Crippen molar-refractivity contribution in [3.05, 3.63) is 78.1 Å². The van der Waals surface area contributed by atoms with Gasteiger partial charge < -0.3 is 5.73 Å². The molecule has 1 unspecified atom stereocenters. The molecule has 1 atom stereocenters. The number of thioether (sulfide) groups is 1. The van der Waals surface area contributed by atoms with Crippen LogP contribution in [0.25, 0.3) is 10.8 Å². The Kier molecular flexibility index (Phi) is 4.23. The van der Waals surface area contributed by atoms with E-state index in [-0.39, 0.29) is 11.9 Å². The van der Waals surface area contributed by atoms with Gasteiger partial charge in [-0.25, -0.2) is 4.39 Å². The predicted molar refractivity (Wildman–Crippen MR) is 88.0 cm³/mol. The largest absolute Gasteiger partial charge is 0.323 e. The molecular formula is C18H16FNS. The van der Waals surface area contributed by atoms with Gasteiger partial charge in [0.25, 0.3) is 0 Å². The Morgan fingerprint density at radius 1 is 0.905 bits per heavy atom. The van der Waals surface area contributed by atoms with Crippen LogP contribution in [0.2, 0.25) is 0 Å². The van der Waals surface area contributed by atoms with E-state index in [1.54, 1.807) is 12.1 Å². The Labute approximate surface area is 128 Å². The van der Waals surface area contributed by atoms with E-state index in [1.165, 1.54) is 28.6 Å². The van der Waals surface area contributed by atoms with Gasteiger partial charge >= 0.3 is 0 Å². The average Bonchev–Trinajstić information content (AvgIpc) is 2.53. The minimum absolute atomic E-state index is 0.124. The second-order valence-corrected chi connectivity index (χ2v) is 5.98. The maximum Gasteiger partial charge on any atom is 0.136 e. The highest BCUT2D eigenvalue weighted by Gasteiger charge is 2.11. The van der Waals surface area contributed by atoms with Crippen LogP contribution in [-0.4, -0.2) is 5.75 Å². The summed E-state index contributed by atoms with van der Waals surface area (Å²) in [5.74, 6) is 0.460. The van der Waals surface area contributed by atoms with Crippen LogP contribution in [0.1, 0.15) is 11.6 Å². The summed E-state index contributed by atoms with van der Waals surface area (Å²) in [6.07, 6.45) is 0. The highest BCUT2D eigenvalue weighted by molar-refractivity contribution is 7.99. The van der Waals surface area contributed by atoms with E-state index >= 15 is 0 Å². The first-order valence-electron chi connectivity index (χ1n) is 6.86. The lowest BCUT2D eigenvalue weighted by molar-refractivity contribution is 0.602. The smallest absolute Gasteiger partial charge is 0.136 e. The number of hydrogen-bond donors (Lipinski definition) is 1. The Bertz CT molecular complexity index is 752. The summed E-state index contributed by atoms with van der Waals surface area (Å²) in [5.41, 5.74) is 7.42. The summed E-state index contributed by atoms with van der Waals surface area (Å²) in [5, 5.41) is 2.35. The maximum atomic E-state index is 13.6. The van der Waals surface area contributed by atoms with Crippen LogP contribution < -0.4 is 5.73 Å². The molecule has 0 saturated heterocycles. The highest BCUT2D eigenvalue weighted by Crippen LogP contribution is 2.29. The van der Waals surface area contributed by atoms with E-state index in [0.29, 0.717) is 10.6 Å². The average molecular weight is 297 g/mol. The lowest BCUT2D eigenvalue weighted by Crippen LogP contribution is -2.13. The quantitative estimate of drug-likeness (QED) is 0.702. The van der Waals surface area contributed by atoms with Crippen LogP contribution in [0, 0.1) is 5.82 Å². The lowest BCUT2D eigenvalue weighted by atomic mass is 10.0. The van der Waals surface area contributed by atoms with Crippen molar-refractivity contribution in [2.24, 2.45) is 5.73 Å². The fourth-order valence-corrected chi connectivity index (χ4v) is 3.32. The third-order valence-corrected chi connectivity index (χ3v) is 4.65. The number of benzene rings is 3. The monoisotopic (exact) mass is 297 g/mol. The second-order valence-electron chi connectivity index (χ2n) is 4.92. The fraction of sp³-hybridized carbons (Fsp3) is 0.111. The first-order chi connectivity index (χ1) is 10.3. The summed E-state index contributed by atoms with van der Waals surface area (Å²) >= 11 is 1.46. The zero-order valence-corrected chi connectivity index (χ0v) is 12.3. The summed E-state index contributed by atoms with van der Waals surface area (Å²) in [4.78, 5) is 0.646. The molecule has 0 radical (unpaired) electrons. The van der Waals surface area contributed by atoms with E-state index in [0.717, 1.165) is 5.56 Å². The van der Waals surface area contributed by atoms with E-state index < -0.39 is 0 Å². The fourth-order valence-electron chi connectivity index (χ4n) is 2.40. The van der Waals surface area contributed by atoms with Crippen LogP contribution in [0.15, 0.2) is 71.6 Å². The summed E-state index contributed by atoms with van der Waals surface area (Å²) in [7, 11) is 0. The SMILES string of the molecule is NC(CSc1ccccc1F)c1cccc2ccccc12. The Morgan fingerprint density at radius 2 is 1.62 bits per heavy atom. The van der Waals surface area contributed by atoms with Gasteiger partial charge in [-0.05, 0) is 28.5 Å². The van der Waals surface area contributed by atoms with Crippen LogP contribution in [0.3, 0.4) is 0 Å². The minimum atomic E-state index is -0.187. The molecule has 0 aliphatic carbocycles. The third-order valence-electron chi connectivity index (χ3n) is 3.48. The van der Waals surface area contributed by atoms with Crippen LogP contribution >= 0.6 is 11.8 Å². The van der Waals surface area contributed by atoms with Crippen molar-refractivity contribution in [1.29, 1.82) is 0 Å².